The van der Waals surface area contributed by atoms with Gasteiger partial charge in [0.05, 0.1) is 16.8 Å². The minimum absolute atomic E-state index is 0.0803. The molecule has 0 aromatic heterocycles. The van der Waals surface area contributed by atoms with Gasteiger partial charge in [-0.3, -0.25) is 4.79 Å². The molecule has 2 aromatic rings. The third kappa shape index (κ3) is 5.16. The maximum atomic E-state index is 13.8. The molecule has 0 spiro atoms. The van der Waals surface area contributed by atoms with Crippen LogP contribution in [0, 0.1) is 5.82 Å². The smallest absolute Gasteiger partial charge is 0.416 e. The van der Waals surface area contributed by atoms with Crippen LogP contribution in [0.15, 0.2) is 36.4 Å². The number of amides is 1. The Hall–Kier alpha value is -3.16. The van der Waals surface area contributed by atoms with Gasteiger partial charge in [0.15, 0.2) is 0 Å². The number of carboxylic acid groups (broad SMARTS) is 1. The Morgan fingerprint density at radius 1 is 1.11 bits per heavy atom. The van der Waals surface area contributed by atoms with Gasteiger partial charge in [0.2, 0.25) is 5.91 Å². The summed E-state index contributed by atoms with van der Waals surface area (Å²) < 4.78 is 51.5. The third-order valence-electron chi connectivity index (χ3n) is 3.65. The molecule has 142 valence electrons. The molecule has 0 fully saturated rings. The molecule has 0 aliphatic heterocycles. The predicted molar refractivity (Wildman–Crippen MR) is 92.7 cm³/mol. The summed E-state index contributed by atoms with van der Waals surface area (Å²) in [5.74, 6) is -2.67. The molecule has 0 heterocycles. The fourth-order valence-corrected chi connectivity index (χ4v) is 2.21. The molecule has 0 atom stereocenters. The Morgan fingerprint density at radius 3 is 2.37 bits per heavy atom. The van der Waals surface area contributed by atoms with Crippen LogP contribution in [0.25, 0.3) is 12.2 Å². The minimum atomic E-state index is -4.64. The molecule has 27 heavy (non-hydrogen) atoms. The van der Waals surface area contributed by atoms with Crippen molar-refractivity contribution in [3.63, 3.8) is 0 Å². The van der Waals surface area contributed by atoms with E-state index in [0.717, 1.165) is 12.1 Å². The van der Waals surface area contributed by atoms with Crippen molar-refractivity contribution in [2.24, 2.45) is 0 Å². The van der Waals surface area contributed by atoms with Crippen LogP contribution in [-0.4, -0.2) is 17.0 Å². The summed E-state index contributed by atoms with van der Waals surface area (Å²) >= 11 is 0. The molecule has 0 saturated heterocycles. The van der Waals surface area contributed by atoms with Crippen LogP contribution >= 0.6 is 0 Å². The standard InChI is InChI=1S/C19H15F4NO3/c1-2-17(25)24-16-8-4-11(9-14(16)18(26)27)3-5-12-6-7-13(10-15(12)20)19(21,22)23/h3-10H,2H2,1H3,(H,24,25)(H,26,27). The van der Waals surface area contributed by atoms with E-state index >= 15 is 0 Å². The summed E-state index contributed by atoms with van der Waals surface area (Å²) in [6.07, 6.45) is -1.86. The number of alkyl halides is 3. The summed E-state index contributed by atoms with van der Waals surface area (Å²) in [6.45, 7) is 1.62. The third-order valence-corrected chi connectivity index (χ3v) is 3.65. The lowest BCUT2D eigenvalue weighted by Gasteiger charge is -2.09. The first kappa shape index (κ1) is 20.2. The second kappa shape index (κ2) is 8.03. The number of carboxylic acids is 1. The number of anilines is 1. The number of carbonyl (C=O) groups excluding carboxylic acids is 1. The first-order valence-corrected chi connectivity index (χ1v) is 7.84. The lowest BCUT2D eigenvalue weighted by Crippen LogP contribution is -2.13. The number of rotatable bonds is 5. The average Bonchev–Trinajstić information content (AvgIpc) is 2.60. The van der Waals surface area contributed by atoms with E-state index in [0.29, 0.717) is 11.6 Å². The highest BCUT2D eigenvalue weighted by Crippen LogP contribution is 2.30. The molecule has 0 aliphatic rings. The van der Waals surface area contributed by atoms with Gasteiger partial charge in [0, 0.05) is 12.0 Å². The largest absolute Gasteiger partial charge is 0.478 e. The van der Waals surface area contributed by atoms with Crippen LogP contribution in [0.5, 0.6) is 0 Å². The SMILES string of the molecule is CCC(=O)Nc1ccc(C=Cc2ccc(C(F)(F)F)cc2F)cc1C(=O)O. The van der Waals surface area contributed by atoms with Crippen molar-refractivity contribution in [1.29, 1.82) is 0 Å². The Labute approximate surface area is 152 Å². The van der Waals surface area contributed by atoms with Gasteiger partial charge >= 0.3 is 12.1 Å². The average molecular weight is 381 g/mol. The summed E-state index contributed by atoms with van der Waals surface area (Å²) in [6, 6.07) is 6.30. The highest BCUT2D eigenvalue weighted by Gasteiger charge is 2.30. The molecule has 2 aromatic carbocycles. The first-order chi connectivity index (χ1) is 12.6. The zero-order valence-corrected chi connectivity index (χ0v) is 14.1. The van der Waals surface area contributed by atoms with Gasteiger partial charge in [-0.15, -0.1) is 0 Å². The number of aromatic carboxylic acids is 1. The molecule has 1 amide bonds. The highest BCUT2D eigenvalue weighted by molar-refractivity contribution is 6.01. The fourth-order valence-electron chi connectivity index (χ4n) is 2.21. The zero-order chi connectivity index (χ0) is 20.2. The van der Waals surface area contributed by atoms with Crippen LogP contribution in [-0.2, 0) is 11.0 Å². The molecule has 2 N–H and O–H groups in total. The van der Waals surface area contributed by atoms with Crippen molar-refractivity contribution in [1.82, 2.24) is 0 Å². The van der Waals surface area contributed by atoms with Gasteiger partial charge in [-0.05, 0) is 29.8 Å². The van der Waals surface area contributed by atoms with Crippen molar-refractivity contribution in [3.8, 4) is 0 Å². The van der Waals surface area contributed by atoms with E-state index in [1.807, 2.05) is 0 Å². The van der Waals surface area contributed by atoms with E-state index < -0.39 is 23.5 Å². The molecule has 0 radical (unpaired) electrons. The molecule has 8 heteroatoms. The molecule has 0 saturated carbocycles. The Morgan fingerprint density at radius 2 is 1.81 bits per heavy atom. The monoisotopic (exact) mass is 381 g/mol. The van der Waals surface area contributed by atoms with Gasteiger partial charge in [0.25, 0.3) is 0 Å². The maximum Gasteiger partial charge on any atom is 0.416 e. The van der Waals surface area contributed by atoms with Crippen LogP contribution in [0.4, 0.5) is 23.2 Å². The predicted octanol–water partition coefficient (Wildman–Crippen LogP) is 5.06. The van der Waals surface area contributed by atoms with Gasteiger partial charge in [0.1, 0.15) is 5.82 Å². The number of benzene rings is 2. The highest BCUT2D eigenvalue weighted by atomic mass is 19.4. The molecule has 4 nitrogen and oxygen atoms in total. The van der Waals surface area contributed by atoms with Gasteiger partial charge in [-0.2, -0.15) is 13.2 Å². The quantitative estimate of drug-likeness (QED) is 0.562. The van der Waals surface area contributed by atoms with Crippen LogP contribution in [0.1, 0.15) is 40.4 Å². The number of hydrogen-bond acceptors (Lipinski definition) is 2. The lowest BCUT2D eigenvalue weighted by atomic mass is 10.1. The van der Waals surface area contributed by atoms with Crippen molar-refractivity contribution in [3.05, 3.63) is 64.5 Å². The van der Waals surface area contributed by atoms with E-state index in [1.165, 1.54) is 30.4 Å². The van der Waals surface area contributed by atoms with Crippen molar-refractivity contribution in [2.45, 2.75) is 19.5 Å². The van der Waals surface area contributed by atoms with Gasteiger partial charge < -0.3 is 10.4 Å². The Kier molecular flexibility index (Phi) is 5.99. The maximum absolute atomic E-state index is 13.8. The molecule has 2 rings (SSSR count). The molecular weight excluding hydrogens is 366 g/mol. The van der Waals surface area contributed by atoms with Gasteiger partial charge in [-0.1, -0.05) is 31.2 Å². The summed E-state index contributed by atoms with van der Waals surface area (Å²) in [5, 5.41) is 11.7. The summed E-state index contributed by atoms with van der Waals surface area (Å²) in [4.78, 5) is 22.8. The van der Waals surface area contributed by atoms with Crippen LogP contribution in [0.3, 0.4) is 0 Å². The summed E-state index contributed by atoms with van der Waals surface area (Å²) in [5.41, 5.74) is -0.843. The van der Waals surface area contributed by atoms with E-state index in [9.17, 15) is 32.3 Å². The number of nitrogens with one attached hydrogen (secondary N) is 1. The molecular formula is C19H15F4NO3. The van der Waals surface area contributed by atoms with Gasteiger partial charge in [-0.25, -0.2) is 9.18 Å². The summed E-state index contributed by atoms with van der Waals surface area (Å²) in [7, 11) is 0. The Bertz CT molecular complexity index is 904. The minimum Gasteiger partial charge on any atom is -0.478 e. The first-order valence-electron chi connectivity index (χ1n) is 7.84. The molecule has 0 bridgehead atoms. The second-order valence-electron chi connectivity index (χ2n) is 5.58. The lowest BCUT2D eigenvalue weighted by molar-refractivity contribution is -0.137. The molecule has 0 unspecified atom stereocenters. The topological polar surface area (TPSA) is 66.4 Å². The number of carbonyl (C=O) groups is 2. The van der Waals surface area contributed by atoms with E-state index in [4.69, 9.17) is 0 Å². The van der Waals surface area contributed by atoms with Crippen molar-refractivity contribution in [2.75, 3.05) is 5.32 Å². The van der Waals surface area contributed by atoms with Crippen molar-refractivity contribution < 1.29 is 32.3 Å². The van der Waals surface area contributed by atoms with Crippen molar-refractivity contribution >= 4 is 29.7 Å². The second-order valence-corrected chi connectivity index (χ2v) is 5.58. The number of hydrogen-bond donors (Lipinski definition) is 2. The van der Waals surface area contributed by atoms with E-state index in [2.05, 4.69) is 5.32 Å². The van der Waals surface area contributed by atoms with Crippen LogP contribution in [0.2, 0.25) is 0 Å². The molecule has 0 aliphatic carbocycles. The fraction of sp³-hybridized carbons (Fsp3) is 0.158. The van der Waals surface area contributed by atoms with Crippen LogP contribution < -0.4 is 5.32 Å². The van der Waals surface area contributed by atoms with E-state index in [1.54, 1.807) is 6.92 Å². The number of halogens is 4. The zero-order valence-electron chi connectivity index (χ0n) is 14.1. The van der Waals surface area contributed by atoms with E-state index in [-0.39, 0.29) is 29.1 Å². The Balaban J connectivity index is 2.30. The normalized spacial score (nSPS) is 11.6.